The molecule has 3 rings (SSSR count). The van der Waals surface area contributed by atoms with Crippen LogP contribution in [0.25, 0.3) is 10.2 Å². The van der Waals surface area contributed by atoms with Crippen LogP contribution in [0.15, 0.2) is 11.4 Å². The lowest BCUT2D eigenvalue weighted by Gasteiger charge is -2.35. The number of carbonyl (C=O) groups is 1. The van der Waals surface area contributed by atoms with E-state index in [2.05, 4.69) is 20.3 Å². The van der Waals surface area contributed by atoms with Gasteiger partial charge in [-0.1, -0.05) is 0 Å². The fourth-order valence-corrected chi connectivity index (χ4v) is 3.21. The van der Waals surface area contributed by atoms with Gasteiger partial charge in [-0.3, -0.25) is 10.2 Å². The number of nitrogen functional groups attached to an aromatic ring is 1. The van der Waals surface area contributed by atoms with Crippen molar-refractivity contribution >= 4 is 39.2 Å². The molecule has 3 heterocycles. The van der Waals surface area contributed by atoms with Gasteiger partial charge in [0.2, 0.25) is 11.9 Å². The summed E-state index contributed by atoms with van der Waals surface area (Å²) in [6, 6.07) is 1.96. The average Bonchev–Trinajstić information content (AvgIpc) is 2.94. The summed E-state index contributed by atoms with van der Waals surface area (Å²) in [4.78, 5) is 24.2. The van der Waals surface area contributed by atoms with Crippen LogP contribution < -0.4 is 16.2 Å². The Morgan fingerprint density at radius 2 is 2.10 bits per heavy atom. The van der Waals surface area contributed by atoms with Crippen molar-refractivity contribution in [2.45, 2.75) is 6.92 Å². The third-order valence-corrected chi connectivity index (χ3v) is 4.34. The number of carbonyl (C=O) groups excluding carboxylic acids is 1. The number of fused-ring (bicyclic) bond motifs is 1. The van der Waals surface area contributed by atoms with Crippen LogP contribution in [0.3, 0.4) is 0 Å². The maximum atomic E-state index is 11.4. The number of thiophene rings is 1. The molecule has 3 N–H and O–H groups in total. The van der Waals surface area contributed by atoms with Gasteiger partial charge in [-0.25, -0.2) is 10.8 Å². The van der Waals surface area contributed by atoms with Crippen molar-refractivity contribution in [1.29, 1.82) is 0 Å². The smallest absolute Gasteiger partial charge is 0.239 e. The summed E-state index contributed by atoms with van der Waals surface area (Å²) in [5.74, 6) is 6.86. The maximum absolute atomic E-state index is 11.4. The van der Waals surface area contributed by atoms with E-state index in [0.717, 1.165) is 42.2 Å². The third kappa shape index (κ3) is 2.27. The first kappa shape index (κ1) is 13.1. The molecule has 0 spiro atoms. The van der Waals surface area contributed by atoms with Gasteiger partial charge in [-0.15, -0.1) is 11.3 Å². The molecule has 106 valence electrons. The second-order valence-corrected chi connectivity index (χ2v) is 5.56. The first-order chi connectivity index (χ1) is 9.69. The van der Waals surface area contributed by atoms with Crippen LogP contribution in [0.1, 0.15) is 6.92 Å². The zero-order chi connectivity index (χ0) is 14.1. The molecule has 1 aliphatic heterocycles. The predicted molar refractivity (Wildman–Crippen MR) is 79.7 cm³/mol. The molecule has 1 fully saturated rings. The van der Waals surface area contributed by atoms with Gasteiger partial charge in [0, 0.05) is 33.1 Å². The number of nitrogens with zero attached hydrogens (tertiary/aromatic N) is 4. The molecule has 0 atom stereocenters. The molecule has 0 aromatic carbocycles. The Bertz CT molecular complexity index is 634. The molecule has 20 heavy (non-hydrogen) atoms. The molecule has 1 saturated heterocycles. The fraction of sp³-hybridized carbons (Fsp3) is 0.417. The molecule has 1 amide bonds. The number of piperazine rings is 1. The number of nitrogens with two attached hydrogens (primary N) is 1. The van der Waals surface area contributed by atoms with Crippen LogP contribution in [0.5, 0.6) is 0 Å². The minimum atomic E-state index is 0.123. The monoisotopic (exact) mass is 292 g/mol. The van der Waals surface area contributed by atoms with Gasteiger partial charge in [0.05, 0.1) is 10.2 Å². The lowest BCUT2D eigenvalue weighted by Crippen LogP contribution is -2.48. The first-order valence-corrected chi connectivity index (χ1v) is 7.29. The number of hydrogen-bond donors (Lipinski definition) is 2. The highest BCUT2D eigenvalue weighted by Gasteiger charge is 2.22. The predicted octanol–water partition coefficient (Wildman–Crippen LogP) is 0.645. The van der Waals surface area contributed by atoms with E-state index >= 15 is 0 Å². The minimum Gasteiger partial charge on any atom is -0.352 e. The van der Waals surface area contributed by atoms with Gasteiger partial charge in [0.15, 0.2) is 5.82 Å². The third-order valence-electron chi connectivity index (χ3n) is 3.44. The molecular formula is C12H16N6OS. The number of anilines is 2. The largest absolute Gasteiger partial charge is 0.352 e. The van der Waals surface area contributed by atoms with Gasteiger partial charge < -0.3 is 9.80 Å². The highest BCUT2D eigenvalue weighted by molar-refractivity contribution is 7.17. The maximum Gasteiger partial charge on any atom is 0.239 e. The summed E-state index contributed by atoms with van der Waals surface area (Å²) in [5, 5.41) is 2.00. The number of hydrazine groups is 1. The van der Waals surface area contributed by atoms with Crippen molar-refractivity contribution in [3.63, 3.8) is 0 Å². The molecule has 0 unspecified atom stereocenters. The van der Waals surface area contributed by atoms with Gasteiger partial charge in [-0.05, 0) is 11.4 Å². The van der Waals surface area contributed by atoms with Crippen molar-refractivity contribution in [3.05, 3.63) is 11.4 Å². The summed E-state index contributed by atoms with van der Waals surface area (Å²) >= 11 is 1.62. The summed E-state index contributed by atoms with van der Waals surface area (Å²) in [6.07, 6.45) is 0. The highest BCUT2D eigenvalue weighted by atomic mass is 32.1. The molecule has 2 aromatic rings. The van der Waals surface area contributed by atoms with E-state index in [0.29, 0.717) is 5.95 Å². The molecule has 7 nitrogen and oxygen atoms in total. The Labute approximate surface area is 120 Å². The van der Waals surface area contributed by atoms with E-state index in [1.165, 1.54) is 0 Å². The topological polar surface area (TPSA) is 87.4 Å². The van der Waals surface area contributed by atoms with E-state index in [1.54, 1.807) is 18.3 Å². The Balaban J connectivity index is 1.90. The second-order valence-electron chi connectivity index (χ2n) is 4.64. The van der Waals surface area contributed by atoms with Crippen LogP contribution >= 0.6 is 11.3 Å². The lowest BCUT2D eigenvalue weighted by atomic mass is 10.3. The standard InChI is InChI=1S/C12H16N6OS/c1-8(19)17-3-5-18(6-4-17)11-10-9(2-7-20-10)14-12(15-11)16-13/h2,7H,3-6,13H2,1H3,(H,14,15,16). The van der Waals surface area contributed by atoms with Crippen LogP contribution in [-0.2, 0) is 4.79 Å². The minimum absolute atomic E-state index is 0.123. The molecule has 1 aliphatic rings. The Morgan fingerprint density at radius 1 is 1.35 bits per heavy atom. The number of rotatable bonds is 2. The Morgan fingerprint density at radius 3 is 2.75 bits per heavy atom. The van der Waals surface area contributed by atoms with Crippen LogP contribution in [0, 0.1) is 0 Å². The zero-order valence-corrected chi connectivity index (χ0v) is 12.0. The molecule has 8 heteroatoms. The van der Waals surface area contributed by atoms with Gasteiger partial charge in [0.25, 0.3) is 0 Å². The van der Waals surface area contributed by atoms with Crippen molar-refractivity contribution in [2.75, 3.05) is 36.5 Å². The molecule has 2 aromatic heterocycles. The van der Waals surface area contributed by atoms with Crippen molar-refractivity contribution in [2.24, 2.45) is 5.84 Å². The normalized spacial score (nSPS) is 15.7. The summed E-state index contributed by atoms with van der Waals surface area (Å²) in [7, 11) is 0. The fourth-order valence-electron chi connectivity index (χ4n) is 2.36. The molecule has 0 bridgehead atoms. The lowest BCUT2D eigenvalue weighted by molar-refractivity contribution is -0.129. The summed E-state index contributed by atoms with van der Waals surface area (Å²) < 4.78 is 1.06. The summed E-state index contributed by atoms with van der Waals surface area (Å²) in [5.41, 5.74) is 3.40. The van der Waals surface area contributed by atoms with Crippen LogP contribution in [0.4, 0.5) is 11.8 Å². The van der Waals surface area contributed by atoms with E-state index in [9.17, 15) is 4.79 Å². The number of aromatic nitrogens is 2. The van der Waals surface area contributed by atoms with Crippen molar-refractivity contribution in [1.82, 2.24) is 14.9 Å². The van der Waals surface area contributed by atoms with E-state index in [-0.39, 0.29) is 5.91 Å². The Kier molecular flexibility index (Phi) is 3.41. The van der Waals surface area contributed by atoms with Gasteiger partial charge >= 0.3 is 0 Å². The second kappa shape index (κ2) is 5.22. The van der Waals surface area contributed by atoms with Crippen molar-refractivity contribution in [3.8, 4) is 0 Å². The van der Waals surface area contributed by atoms with Crippen LogP contribution in [-0.4, -0.2) is 47.0 Å². The molecule has 0 radical (unpaired) electrons. The molecule has 0 saturated carbocycles. The van der Waals surface area contributed by atoms with E-state index in [4.69, 9.17) is 5.84 Å². The number of amides is 1. The Hall–Kier alpha value is -1.93. The van der Waals surface area contributed by atoms with Crippen LogP contribution in [0.2, 0.25) is 0 Å². The first-order valence-electron chi connectivity index (χ1n) is 6.41. The number of nitrogens with one attached hydrogen (secondary N) is 1. The SMILES string of the molecule is CC(=O)N1CCN(c2nc(NN)nc3ccsc23)CC1. The average molecular weight is 292 g/mol. The van der Waals surface area contributed by atoms with E-state index < -0.39 is 0 Å². The van der Waals surface area contributed by atoms with E-state index in [1.807, 2.05) is 16.3 Å². The van der Waals surface area contributed by atoms with Gasteiger partial charge in [-0.2, -0.15) is 4.98 Å². The molecule has 0 aliphatic carbocycles. The number of hydrogen-bond acceptors (Lipinski definition) is 7. The molecular weight excluding hydrogens is 276 g/mol. The zero-order valence-electron chi connectivity index (χ0n) is 11.2. The van der Waals surface area contributed by atoms with Crippen molar-refractivity contribution < 1.29 is 4.79 Å². The van der Waals surface area contributed by atoms with Gasteiger partial charge in [0.1, 0.15) is 0 Å². The highest BCUT2D eigenvalue weighted by Crippen LogP contribution is 2.30. The quantitative estimate of drug-likeness (QED) is 0.624. The summed E-state index contributed by atoms with van der Waals surface area (Å²) in [6.45, 7) is 4.59.